The average molecular weight is 286 g/mol. The Bertz CT molecular complexity index is 436. The Morgan fingerprint density at radius 2 is 2.22 bits per heavy atom. The molecule has 6 heteroatoms. The van der Waals surface area contributed by atoms with Gasteiger partial charge in [0.05, 0.1) is 11.6 Å². The van der Waals surface area contributed by atoms with Crippen molar-refractivity contribution in [2.75, 3.05) is 6.26 Å². The lowest BCUT2D eigenvalue weighted by Gasteiger charge is -2.19. The molecule has 18 heavy (non-hydrogen) atoms. The first-order valence-electron chi connectivity index (χ1n) is 5.49. The van der Waals surface area contributed by atoms with Gasteiger partial charge in [-0.25, -0.2) is 4.79 Å². The van der Waals surface area contributed by atoms with E-state index in [0.717, 1.165) is 10.4 Å². The lowest BCUT2D eigenvalue weighted by atomic mass is 10.2. The summed E-state index contributed by atoms with van der Waals surface area (Å²) in [7, 11) is 0. The van der Waals surface area contributed by atoms with Crippen LogP contribution in [0.4, 0.5) is 4.79 Å². The van der Waals surface area contributed by atoms with Crippen molar-refractivity contribution >= 4 is 34.2 Å². The molecule has 1 aromatic rings. The average Bonchev–Trinajstić information content (AvgIpc) is 2.71. The predicted molar refractivity (Wildman–Crippen MR) is 77.7 cm³/mol. The maximum Gasteiger partial charge on any atom is 0.407 e. The van der Waals surface area contributed by atoms with Crippen LogP contribution in [0, 0.1) is 5.41 Å². The molecule has 0 aromatic carbocycles. The summed E-state index contributed by atoms with van der Waals surface area (Å²) in [4.78, 5) is 12.5. The first-order valence-corrected chi connectivity index (χ1v) is 7.59. The van der Waals surface area contributed by atoms with Crippen LogP contribution in [0.5, 0.6) is 0 Å². The minimum atomic E-state index is -0.480. The summed E-state index contributed by atoms with van der Waals surface area (Å²) < 4.78 is 5.14. The Hall–Kier alpha value is -1.01. The molecule has 1 heterocycles. The lowest BCUT2D eigenvalue weighted by Crippen LogP contribution is -2.31. The molecule has 2 N–H and O–H groups in total. The number of rotatable bonds is 3. The minimum Gasteiger partial charge on any atom is -0.444 e. The van der Waals surface area contributed by atoms with Crippen molar-refractivity contribution in [2.45, 2.75) is 32.9 Å². The molecule has 0 aliphatic heterocycles. The van der Waals surface area contributed by atoms with Crippen LogP contribution < -0.4 is 5.32 Å². The number of alkyl carbamates (subject to hydrolysis) is 1. The molecule has 100 valence electrons. The molecule has 0 saturated carbocycles. The number of hydrogen-bond acceptors (Lipinski definition) is 5. The highest BCUT2D eigenvalue weighted by molar-refractivity contribution is 8.13. The summed E-state index contributed by atoms with van der Waals surface area (Å²) in [6.07, 6.45) is 1.45. The molecule has 0 unspecified atom stereocenters. The first-order chi connectivity index (χ1) is 8.31. The predicted octanol–water partition coefficient (Wildman–Crippen LogP) is 3.46. The molecular formula is C12H18N2O2S2. The van der Waals surface area contributed by atoms with Crippen LogP contribution in [0.15, 0.2) is 11.4 Å². The van der Waals surface area contributed by atoms with Crippen LogP contribution in [0.2, 0.25) is 0 Å². The summed E-state index contributed by atoms with van der Waals surface area (Å²) in [5.74, 6) is 0. The Balaban J connectivity index is 2.47. The molecule has 0 fully saturated rings. The van der Waals surface area contributed by atoms with Gasteiger partial charge in [-0.2, -0.15) is 0 Å². The van der Waals surface area contributed by atoms with Crippen molar-refractivity contribution in [1.82, 2.24) is 5.32 Å². The van der Waals surface area contributed by atoms with Gasteiger partial charge in [0.1, 0.15) is 5.60 Å². The fourth-order valence-electron chi connectivity index (χ4n) is 1.18. The third-order valence-corrected chi connectivity index (χ3v) is 3.51. The van der Waals surface area contributed by atoms with Crippen LogP contribution in [0.3, 0.4) is 0 Å². The molecule has 0 aliphatic carbocycles. The molecule has 0 radical (unpaired) electrons. The van der Waals surface area contributed by atoms with Gasteiger partial charge >= 0.3 is 6.09 Å². The molecule has 1 aromatic heterocycles. The largest absolute Gasteiger partial charge is 0.444 e. The number of carbonyl (C=O) groups is 1. The second-order valence-corrected chi connectivity index (χ2v) is 6.50. The summed E-state index contributed by atoms with van der Waals surface area (Å²) in [6, 6.07) is 1.92. The van der Waals surface area contributed by atoms with Gasteiger partial charge in [-0.15, -0.1) is 23.1 Å². The normalized spacial score (nSPS) is 11.1. The van der Waals surface area contributed by atoms with E-state index in [1.54, 1.807) is 0 Å². The number of ether oxygens (including phenoxy) is 1. The molecule has 0 bridgehead atoms. The van der Waals surface area contributed by atoms with E-state index in [2.05, 4.69) is 5.32 Å². The zero-order valence-corrected chi connectivity index (χ0v) is 12.6. The van der Waals surface area contributed by atoms with Crippen LogP contribution in [0.25, 0.3) is 0 Å². The molecule has 4 nitrogen and oxygen atoms in total. The van der Waals surface area contributed by atoms with Crippen molar-refractivity contribution in [3.8, 4) is 0 Å². The second kappa shape index (κ2) is 6.24. The maximum atomic E-state index is 11.5. The van der Waals surface area contributed by atoms with E-state index in [9.17, 15) is 4.79 Å². The molecular weight excluding hydrogens is 268 g/mol. The highest BCUT2D eigenvalue weighted by atomic mass is 32.2. The standard InChI is InChI=1S/C12H18N2O2S2/c1-12(2,3)16-11(15)14-6-9-5-8(7-18-9)10(13)17-4/h5,7,13H,6H2,1-4H3,(H,14,15). The number of thiophene rings is 1. The molecule has 0 atom stereocenters. The van der Waals surface area contributed by atoms with Gasteiger partial charge in [0, 0.05) is 15.8 Å². The van der Waals surface area contributed by atoms with Crippen LogP contribution in [0.1, 0.15) is 31.2 Å². The van der Waals surface area contributed by atoms with Crippen LogP contribution in [-0.4, -0.2) is 23.0 Å². The fourth-order valence-corrected chi connectivity index (χ4v) is 2.43. The molecule has 1 rings (SSSR count). The van der Waals surface area contributed by atoms with E-state index >= 15 is 0 Å². The van der Waals surface area contributed by atoms with E-state index in [0.29, 0.717) is 11.6 Å². The van der Waals surface area contributed by atoms with Crippen molar-refractivity contribution < 1.29 is 9.53 Å². The topological polar surface area (TPSA) is 62.2 Å². The quantitative estimate of drug-likeness (QED) is 0.660. The van der Waals surface area contributed by atoms with Gasteiger partial charge in [0.15, 0.2) is 0 Å². The second-order valence-electron chi connectivity index (χ2n) is 4.69. The van der Waals surface area contributed by atoms with E-state index in [-0.39, 0.29) is 0 Å². The Morgan fingerprint density at radius 1 is 1.56 bits per heavy atom. The lowest BCUT2D eigenvalue weighted by molar-refractivity contribution is 0.0524. The Labute approximate surface area is 116 Å². The summed E-state index contributed by atoms with van der Waals surface area (Å²) in [5.41, 5.74) is 0.416. The Morgan fingerprint density at radius 3 is 2.78 bits per heavy atom. The van der Waals surface area contributed by atoms with Crippen molar-refractivity contribution in [3.63, 3.8) is 0 Å². The van der Waals surface area contributed by atoms with Crippen LogP contribution in [-0.2, 0) is 11.3 Å². The van der Waals surface area contributed by atoms with Crippen molar-refractivity contribution in [1.29, 1.82) is 5.41 Å². The van der Waals surface area contributed by atoms with E-state index in [4.69, 9.17) is 10.1 Å². The van der Waals surface area contributed by atoms with Gasteiger partial charge in [-0.3, -0.25) is 5.41 Å². The Kier molecular flexibility index (Phi) is 5.22. The van der Waals surface area contributed by atoms with Crippen molar-refractivity contribution in [2.24, 2.45) is 0 Å². The number of carbonyl (C=O) groups excluding carboxylic acids is 1. The smallest absolute Gasteiger partial charge is 0.407 e. The van der Waals surface area contributed by atoms with Gasteiger partial charge in [-0.1, -0.05) is 0 Å². The highest BCUT2D eigenvalue weighted by Crippen LogP contribution is 2.18. The SMILES string of the molecule is CSC(=N)c1csc(CNC(=O)OC(C)(C)C)c1. The van der Waals surface area contributed by atoms with Gasteiger partial charge in [-0.05, 0) is 33.1 Å². The first kappa shape index (κ1) is 15.0. The molecule has 0 saturated heterocycles. The highest BCUT2D eigenvalue weighted by Gasteiger charge is 2.16. The summed E-state index contributed by atoms with van der Waals surface area (Å²) >= 11 is 2.93. The number of hydrogen-bond donors (Lipinski definition) is 2. The van der Waals surface area contributed by atoms with Crippen LogP contribution >= 0.6 is 23.1 Å². The summed E-state index contributed by atoms with van der Waals surface area (Å²) in [6.45, 7) is 5.92. The molecule has 0 aliphatic rings. The van der Waals surface area contributed by atoms with E-state index < -0.39 is 11.7 Å². The third kappa shape index (κ3) is 5.10. The number of nitrogens with one attached hydrogen (secondary N) is 2. The third-order valence-electron chi connectivity index (χ3n) is 1.93. The fraction of sp³-hybridized carbons (Fsp3) is 0.500. The van der Waals surface area contributed by atoms with Crippen molar-refractivity contribution in [3.05, 3.63) is 21.9 Å². The number of thioether (sulfide) groups is 1. The molecule has 1 amide bonds. The van der Waals surface area contributed by atoms with Gasteiger partial charge < -0.3 is 10.1 Å². The minimum absolute atomic E-state index is 0.419. The van der Waals surface area contributed by atoms with Gasteiger partial charge in [0.2, 0.25) is 0 Å². The monoisotopic (exact) mass is 286 g/mol. The maximum absolute atomic E-state index is 11.5. The zero-order valence-electron chi connectivity index (χ0n) is 11.0. The van der Waals surface area contributed by atoms with Gasteiger partial charge in [0.25, 0.3) is 0 Å². The number of amides is 1. The summed E-state index contributed by atoms with van der Waals surface area (Å²) in [5, 5.41) is 12.8. The van der Waals surface area contributed by atoms with E-state index in [1.165, 1.54) is 23.1 Å². The van der Waals surface area contributed by atoms with E-state index in [1.807, 2.05) is 38.5 Å². The molecule has 0 spiro atoms. The zero-order chi connectivity index (χ0) is 13.8.